The van der Waals surface area contributed by atoms with Crippen molar-refractivity contribution in [1.82, 2.24) is 0 Å². The summed E-state index contributed by atoms with van der Waals surface area (Å²) < 4.78 is 0. The maximum absolute atomic E-state index is 10.9. The number of benzene rings is 2. The Morgan fingerprint density at radius 2 is 1.89 bits per heavy atom. The number of anilines is 1. The van der Waals surface area contributed by atoms with E-state index in [-0.39, 0.29) is 5.75 Å². The van der Waals surface area contributed by atoms with Crippen molar-refractivity contribution in [2.45, 2.75) is 6.54 Å². The number of carbonyl (C=O) groups excluding carboxylic acids is 1. The van der Waals surface area contributed by atoms with Gasteiger partial charge in [-0.15, -0.1) is 0 Å². The number of nitrogens with one attached hydrogen (secondary N) is 1. The van der Waals surface area contributed by atoms with Crippen LogP contribution in [0.1, 0.15) is 15.9 Å². The van der Waals surface area contributed by atoms with Crippen LogP contribution in [0, 0.1) is 0 Å². The van der Waals surface area contributed by atoms with Crippen LogP contribution in [0.15, 0.2) is 42.5 Å². The van der Waals surface area contributed by atoms with Crippen LogP contribution in [0.3, 0.4) is 0 Å². The molecule has 0 saturated carbocycles. The first-order chi connectivity index (χ1) is 9.06. The summed E-state index contributed by atoms with van der Waals surface area (Å²) in [4.78, 5) is 10.9. The highest BCUT2D eigenvalue weighted by Crippen LogP contribution is 2.24. The van der Waals surface area contributed by atoms with Gasteiger partial charge in [0.2, 0.25) is 5.91 Å². The second-order valence-corrected chi connectivity index (χ2v) is 4.49. The summed E-state index contributed by atoms with van der Waals surface area (Å²) in [5, 5.41) is 12.8. The van der Waals surface area contributed by atoms with Gasteiger partial charge in [0.15, 0.2) is 0 Å². The number of rotatable bonds is 4. The Labute approximate surface area is 115 Å². The summed E-state index contributed by atoms with van der Waals surface area (Å²) in [5.74, 6) is -0.381. The minimum atomic E-state index is -0.447. The van der Waals surface area contributed by atoms with Gasteiger partial charge < -0.3 is 16.2 Å². The molecule has 0 saturated heterocycles. The monoisotopic (exact) mass is 276 g/mol. The Morgan fingerprint density at radius 3 is 2.47 bits per heavy atom. The third-order valence-electron chi connectivity index (χ3n) is 2.68. The standard InChI is InChI=1S/C14H13ClN2O2/c15-12-7-9(1-6-13(12)18)8-17-11-4-2-10(3-5-11)14(16)19/h1-7,17-18H,8H2,(H2,16,19). The largest absolute Gasteiger partial charge is 0.506 e. The van der Waals surface area contributed by atoms with Gasteiger partial charge in [0, 0.05) is 17.8 Å². The molecule has 5 heteroatoms. The molecule has 4 N–H and O–H groups in total. The highest BCUT2D eigenvalue weighted by molar-refractivity contribution is 6.32. The number of hydrogen-bond donors (Lipinski definition) is 3. The lowest BCUT2D eigenvalue weighted by Crippen LogP contribution is -2.10. The van der Waals surface area contributed by atoms with E-state index < -0.39 is 5.91 Å². The molecule has 2 rings (SSSR count). The summed E-state index contributed by atoms with van der Waals surface area (Å²) in [5.41, 5.74) is 7.45. The zero-order chi connectivity index (χ0) is 13.8. The summed E-state index contributed by atoms with van der Waals surface area (Å²) >= 11 is 5.82. The van der Waals surface area contributed by atoms with Gasteiger partial charge in [0.25, 0.3) is 0 Å². The van der Waals surface area contributed by atoms with E-state index in [1.54, 1.807) is 42.5 Å². The van der Waals surface area contributed by atoms with Crippen LogP contribution in [0.25, 0.3) is 0 Å². The number of halogens is 1. The molecule has 0 aliphatic heterocycles. The maximum atomic E-state index is 10.9. The van der Waals surface area contributed by atoms with Gasteiger partial charge in [-0.25, -0.2) is 0 Å². The summed E-state index contributed by atoms with van der Waals surface area (Å²) in [6.07, 6.45) is 0. The van der Waals surface area contributed by atoms with Gasteiger partial charge in [-0.1, -0.05) is 17.7 Å². The Morgan fingerprint density at radius 1 is 1.21 bits per heavy atom. The molecule has 0 spiro atoms. The molecule has 0 aromatic heterocycles. The van der Waals surface area contributed by atoms with Gasteiger partial charge in [0.1, 0.15) is 5.75 Å². The molecule has 98 valence electrons. The van der Waals surface area contributed by atoms with Crippen LogP contribution in [-0.2, 0) is 6.54 Å². The Kier molecular flexibility index (Phi) is 3.92. The van der Waals surface area contributed by atoms with Crippen LogP contribution in [0.4, 0.5) is 5.69 Å². The van der Waals surface area contributed by atoms with E-state index in [4.69, 9.17) is 17.3 Å². The van der Waals surface area contributed by atoms with E-state index in [2.05, 4.69) is 5.32 Å². The van der Waals surface area contributed by atoms with Crippen LogP contribution >= 0.6 is 11.6 Å². The van der Waals surface area contributed by atoms with Gasteiger partial charge in [-0.2, -0.15) is 0 Å². The molecule has 0 unspecified atom stereocenters. The number of nitrogens with two attached hydrogens (primary N) is 1. The van der Waals surface area contributed by atoms with Crippen molar-refractivity contribution in [2.24, 2.45) is 5.73 Å². The number of carbonyl (C=O) groups is 1. The maximum Gasteiger partial charge on any atom is 0.248 e. The van der Waals surface area contributed by atoms with Crippen molar-refractivity contribution < 1.29 is 9.90 Å². The number of primary amides is 1. The Bertz CT molecular complexity index is 597. The zero-order valence-electron chi connectivity index (χ0n) is 10.1. The lowest BCUT2D eigenvalue weighted by Gasteiger charge is -2.08. The molecule has 0 bridgehead atoms. The third kappa shape index (κ3) is 3.39. The van der Waals surface area contributed by atoms with Gasteiger partial charge in [-0.3, -0.25) is 4.79 Å². The Hall–Kier alpha value is -2.20. The SMILES string of the molecule is NC(=O)c1ccc(NCc2ccc(O)c(Cl)c2)cc1. The topological polar surface area (TPSA) is 75.4 Å². The van der Waals surface area contributed by atoms with Crippen molar-refractivity contribution in [3.63, 3.8) is 0 Å². The van der Waals surface area contributed by atoms with E-state index in [1.165, 1.54) is 0 Å². The van der Waals surface area contributed by atoms with Crippen LogP contribution in [0.2, 0.25) is 5.02 Å². The minimum Gasteiger partial charge on any atom is -0.506 e. The number of aromatic hydroxyl groups is 1. The highest BCUT2D eigenvalue weighted by atomic mass is 35.5. The fourth-order valence-corrected chi connectivity index (χ4v) is 1.82. The molecular formula is C14H13ClN2O2. The summed E-state index contributed by atoms with van der Waals surface area (Å²) in [6, 6.07) is 11.9. The fraction of sp³-hybridized carbons (Fsp3) is 0.0714. The van der Waals surface area contributed by atoms with Crippen molar-refractivity contribution in [3.05, 3.63) is 58.6 Å². The minimum absolute atomic E-state index is 0.0660. The van der Waals surface area contributed by atoms with Crippen molar-refractivity contribution >= 4 is 23.2 Å². The predicted octanol–water partition coefficient (Wildman–Crippen LogP) is 2.76. The molecule has 0 atom stereocenters. The van der Waals surface area contributed by atoms with Gasteiger partial charge in [0.05, 0.1) is 5.02 Å². The van der Waals surface area contributed by atoms with E-state index in [0.29, 0.717) is 17.1 Å². The third-order valence-corrected chi connectivity index (χ3v) is 2.98. The van der Waals surface area contributed by atoms with Crippen LogP contribution < -0.4 is 11.1 Å². The van der Waals surface area contributed by atoms with E-state index >= 15 is 0 Å². The average Bonchev–Trinajstić information content (AvgIpc) is 2.40. The molecule has 4 nitrogen and oxygen atoms in total. The molecule has 0 fully saturated rings. The lowest BCUT2D eigenvalue weighted by molar-refractivity contribution is 0.100. The predicted molar refractivity (Wildman–Crippen MR) is 75.4 cm³/mol. The molecule has 2 aromatic rings. The molecule has 0 heterocycles. The molecule has 1 amide bonds. The summed E-state index contributed by atoms with van der Waals surface area (Å²) in [6.45, 7) is 0.565. The van der Waals surface area contributed by atoms with E-state index in [0.717, 1.165) is 11.3 Å². The molecule has 2 aromatic carbocycles. The smallest absolute Gasteiger partial charge is 0.248 e. The summed E-state index contributed by atoms with van der Waals surface area (Å²) in [7, 11) is 0. The van der Waals surface area contributed by atoms with Crippen LogP contribution in [0.5, 0.6) is 5.75 Å². The first kappa shape index (κ1) is 13.2. The van der Waals surface area contributed by atoms with Crippen LogP contribution in [-0.4, -0.2) is 11.0 Å². The molecule has 0 aliphatic rings. The lowest BCUT2D eigenvalue weighted by atomic mass is 10.2. The van der Waals surface area contributed by atoms with Gasteiger partial charge >= 0.3 is 0 Å². The molecular weight excluding hydrogens is 264 g/mol. The molecule has 0 aliphatic carbocycles. The number of phenolic OH excluding ortho intramolecular Hbond substituents is 1. The second-order valence-electron chi connectivity index (χ2n) is 4.08. The second kappa shape index (κ2) is 5.63. The van der Waals surface area contributed by atoms with Crippen molar-refractivity contribution in [2.75, 3.05) is 5.32 Å². The van der Waals surface area contributed by atoms with Crippen molar-refractivity contribution in [1.29, 1.82) is 0 Å². The molecule has 19 heavy (non-hydrogen) atoms. The number of amides is 1. The Balaban J connectivity index is 2.01. The first-order valence-electron chi connectivity index (χ1n) is 5.67. The van der Waals surface area contributed by atoms with Crippen molar-refractivity contribution in [3.8, 4) is 5.75 Å². The first-order valence-corrected chi connectivity index (χ1v) is 6.05. The van der Waals surface area contributed by atoms with Gasteiger partial charge in [-0.05, 0) is 42.0 Å². The number of phenols is 1. The fourth-order valence-electron chi connectivity index (χ4n) is 1.62. The average molecular weight is 277 g/mol. The molecule has 0 radical (unpaired) electrons. The normalized spacial score (nSPS) is 10.2. The number of hydrogen-bond acceptors (Lipinski definition) is 3. The highest BCUT2D eigenvalue weighted by Gasteiger charge is 2.01. The van der Waals surface area contributed by atoms with E-state index in [1.807, 2.05) is 0 Å². The van der Waals surface area contributed by atoms with E-state index in [9.17, 15) is 9.90 Å². The zero-order valence-corrected chi connectivity index (χ0v) is 10.8. The quantitative estimate of drug-likeness (QED) is 0.804.